The average molecular weight is 391 g/mol. The van der Waals surface area contributed by atoms with Gasteiger partial charge in [0.25, 0.3) is 11.8 Å². The molecule has 2 amide bonds. The maximum Gasteiger partial charge on any atom is 0.276 e. The van der Waals surface area contributed by atoms with Crippen LogP contribution in [0.2, 0.25) is 0 Å². The molecule has 29 heavy (non-hydrogen) atoms. The molecule has 3 aromatic rings. The monoisotopic (exact) mass is 391 g/mol. The molecule has 2 aromatic carbocycles. The lowest BCUT2D eigenvalue weighted by Crippen LogP contribution is -2.43. The minimum Gasteiger partial charge on any atom is -0.483 e. The summed E-state index contributed by atoms with van der Waals surface area (Å²) in [6.07, 6.45) is 3.85. The summed E-state index contributed by atoms with van der Waals surface area (Å²) in [5.41, 5.74) is 8.29. The van der Waals surface area contributed by atoms with Gasteiger partial charge in [0.05, 0.1) is 0 Å². The summed E-state index contributed by atoms with van der Waals surface area (Å²) in [5.74, 6) is 0.138. The number of ether oxygens (including phenoxy) is 1. The van der Waals surface area contributed by atoms with Gasteiger partial charge in [0.2, 0.25) is 0 Å². The summed E-state index contributed by atoms with van der Waals surface area (Å²) >= 11 is 0. The molecule has 0 radical (unpaired) electrons. The predicted molar refractivity (Wildman–Crippen MR) is 112 cm³/mol. The van der Waals surface area contributed by atoms with Gasteiger partial charge in [-0.3, -0.25) is 20.4 Å². The number of hydrogen-bond acceptors (Lipinski definition) is 3. The van der Waals surface area contributed by atoms with Crippen molar-refractivity contribution >= 4 is 11.8 Å². The molecule has 0 spiro atoms. The van der Waals surface area contributed by atoms with E-state index >= 15 is 0 Å². The van der Waals surface area contributed by atoms with Crippen LogP contribution in [-0.4, -0.2) is 23.0 Å². The maximum atomic E-state index is 12.2. The number of amides is 2. The van der Waals surface area contributed by atoms with Crippen molar-refractivity contribution in [2.45, 2.75) is 26.7 Å². The van der Waals surface area contributed by atoms with Crippen LogP contribution in [0.15, 0.2) is 67.0 Å². The molecule has 0 unspecified atom stereocenters. The van der Waals surface area contributed by atoms with Crippen LogP contribution < -0.4 is 15.6 Å². The molecule has 1 heterocycles. The second-order valence-corrected chi connectivity index (χ2v) is 7.12. The third-order valence-electron chi connectivity index (χ3n) is 4.50. The molecule has 0 aliphatic heterocycles. The molecule has 3 rings (SSSR count). The summed E-state index contributed by atoms with van der Waals surface area (Å²) in [7, 11) is 0. The van der Waals surface area contributed by atoms with Gasteiger partial charge in [-0.1, -0.05) is 26.0 Å². The van der Waals surface area contributed by atoms with Crippen molar-refractivity contribution in [1.82, 2.24) is 15.4 Å². The number of nitrogens with one attached hydrogen (secondary N) is 2. The molecule has 2 N–H and O–H groups in total. The number of nitrogens with zero attached hydrogens (tertiary/aromatic N) is 1. The number of aromatic nitrogens is 1. The van der Waals surface area contributed by atoms with E-state index in [1.165, 1.54) is 0 Å². The van der Waals surface area contributed by atoms with Crippen LogP contribution in [0.3, 0.4) is 0 Å². The lowest BCUT2D eigenvalue weighted by atomic mass is 10.0. The van der Waals surface area contributed by atoms with Gasteiger partial charge >= 0.3 is 0 Å². The molecule has 0 saturated heterocycles. The summed E-state index contributed by atoms with van der Waals surface area (Å²) < 4.78 is 7.61. The minimum absolute atomic E-state index is 0.185. The normalized spacial score (nSPS) is 10.6. The van der Waals surface area contributed by atoms with E-state index < -0.39 is 11.8 Å². The first kappa shape index (κ1) is 20.2. The van der Waals surface area contributed by atoms with Gasteiger partial charge in [-0.05, 0) is 66.4 Å². The number of aryl methyl sites for hydroxylation is 1. The van der Waals surface area contributed by atoms with Crippen LogP contribution in [0.4, 0.5) is 0 Å². The van der Waals surface area contributed by atoms with Crippen molar-refractivity contribution in [2.24, 2.45) is 0 Å². The Morgan fingerprint density at radius 3 is 2.34 bits per heavy atom. The van der Waals surface area contributed by atoms with E-state index in [0.717, 1.165) is 16.8 Å². The Labute approximate surface area is 170 Å². The molecule has 0 aliphatic carbocycles. The first-order valence-corrected chi connectivity index (χ1v) is 9.50. The van der Waals surface area contributed by atoms with E-state index in [0.29, 0.717) is 11.3 Å². The number of carbonyl (C=O) groups is 2. The zero-order chi connectivity index (χ0) is 20.8. The van der Waals surface area contributed by atoms with E-state index in [1.54, 1.807) is 12.1 Å². The number of benzene rings is 2. The zero-order valence-corrected chi connectivity index (χ0v) is 16.8. The molecule has 1 aromatic heterocycles. The van der Waals surface area contributed by atoms with Crippen LogP contribution in [0.1, 0.15) is 41.3 Å². The molecular weight excluding hydrogens is 366 g/mol. The lowest BCUT2D eigenvalue weighted by Gasteiger charge is -2.15. The Bertz CT molecular complexity index is 977. The van der Waals surface area contributed by atoms with Crippen LogP contribution in [0.25, 0.3) is 5.69 Å². The summed E-state index contributed by atoms with van der Waals surface area (Å²) in [6, 6.07) is 16.9. The van der Waals surface area contributed by atoms with Crippen LogP contribution in [0, 0.1) is 6.92 Å². The quantitative estimate of drug-likeness (QED) is 0.629. The van der Waals surface area contributed by atoms with E-state index in [1.807, 2.05) is 66.3 Å². The topological polar surface area (TPSA) is 72.4 Å². The number of carbonyl (C=O) groups excluding carboxylic acids is 2. The Balaban J connectivity index is 1.52. The first-order chi connectivity index (χ1) is 13.9. The summed E-state index contributed by atoms with van der Waals surface area (Å²) in [5, 5.41) is 0. The van der Waals surface area contributed by atoms with Crippen molar-refractivity contribution in [2.75, 3.05) is 6.61 Å². The number of hydrogen-bond donors (Lipinski definition) is 2. The highest BCUT2D eigenvalue weighted by molar-refractivity contribution is 5.95. The molecule has 6 heteroatoms. The largest absolute Gasteiger partial charge is 0.483 e. The lowest BCUT2D eigenvalue weighted by molar-refractivity contribution is -0.123. The Morgan fingerprint density at radius 2 is 1.69 bits per heavy atom. The first-order valence-electron chi connectivity index (χ1n) is 9.50. The standard InChI is InChI=1S/C23H25N3O3/c1-16(2)20-11-6-17(3)14-21(20)29-15-22(27)24-25-23(28)18-7-9-19(10-8-18)26-12-4-5-13-26/h4-14,16H,15H2,1-3H3,(H,24,27)(H,25,28). The molecule has 0 atom stereocenters. The highest BCUT2D eigenvalue weighted by Crippen LogP contribution is 2.27. The molecule has 0 fully saturated rings. The second-order valence-electron chi connectivity index (χ2n) is 7.12. The predicted octanol–water partition coefficient (Wildman–Crippen LogP) is 3.75. The molecule has 0 aliphatic rings. The van der Waals surface area contributed by atoms with Crippen LogP contribution in [0.5, 0.6) is 5.75 Å². The summed E-state index contributed by atoms with van der Waals surface area (Å²) in [4.78, 5) is 24.3. The van der Waals surface area contributed by atoms with Crippen molar-refractivity contribution in [1.29, 1.82) is 0 Å². The molecule has 0 saturated carbocycles. The van der Waals surface area contributed by atoms with Gasteiger partial charge in [-0.2, -0.15) is 0 Å². The fraction of sp³-hybridized carbons (Fsp3) is 0.217. The van der Waals surface area contributed by atoms with Gasteiger partial charge in [-0.25, -0.2) is 0 Å². The van der Waals surface area contributed by atoms with Gasteiger partial charge in [0.15, 0.2) is 6.61 Å². The number of rotatable bonds is 6. The Hall–Kier alpha value is -3.54. The Kier molecular flexibility index (Phi) is 6.34. The minimum atomic E-state index is -0.432. The van der Waals surface area contributed by atoms with Crippen molar-refractivity contribution in [3.8, 4) is 11.4 Å². The van der Waals surface area contributed by atoms with E-state index in [-0.39, 0.29) is 12.5 Å². The van der Waals surface area contributed by atoms with Crippen LogP contribution >= 0.6 is 0 Å². The molecule has 0 bridgehead atoms. The fourth-order valence-electron chi connectivity index (χ4n) is 2.91. The van der Waals surface area contributed by atoms with E-state index in [2.05, 4.69) is 24.7 Å². The van der Waals surface area contributed by atoms with Gasteiger partial charge in [-0.15, -0.1) is 0 Å². The smallest absolute Gasteiger partial charge is 0.276 e. The zero-order valence-electron chi connectivity index (χ0n) is 16.8. The molecule has 150 valence electrons. The maximum absolute atomic E-state index is 12.2. The third kappa shape index (κ3) is 5.25. The highest BCUT2D eigenvalue weighted by atomic mass is 16.5. The van der Waals surface area contributed by atoms with E-state index in [9.17, 15) is 9.59 Å². The fourth-order valence-corrected chi connectivity index (χ4v) is 2.91. The van der Waals surface area contributed by atoms with Crippen molar-refractivity contribution in [3.63, 3.8) is 0 Å². The van der Waals surface area contributed by atoms with E-state index in [4.69, 9.17) is 4.74 Å². The summed E-state index contributed by atoms with van der Waals surface area (Å²) in [6.45, 7) is 5.92. The van der Waals surface area contributed by atoms with Gasteiger partial charge in [0.1, 0.15) is 5.75 Å². The molecule has 6 nitrogen and oxygen atoms in total. The van der Waals surface area contributed by atoms with Gasteiger partial charge in [0, 0.05) is 23.6 Å². The van der Waals surface area contributed by atoms with Gasteiger partial charge < -0.3 is 9.30 Å². The Morgan fingerprint density at radius 1 is 1.00 bits per heavy atom. The van der Waals surface area contributed by atoms with Crippen LogP contribution in [-0.2, 0) is 4.79 Å². The van der Waals surface area contributed by atoms with Crippen molar-refractivity contribution < 1.29 is 14.3 Å². The highest BCUT2D eigenvalue weighted by Gasteiger charge is 2.11. The molecular formula is C23H25N3O3. The second kappa shape index (κ2) is 9.10. The average Bonchev–Trinajstić information content (AvgIpc) is 3.25. The SMILES string of the molecule is Cc1ccc(C(C)C)c(OCC(=O)NNC(=O)c2ccc(-n3cccc3)cc2)c1. The van der Waals surface area contributed by atoms with Crippen molar-refractivity contribution in [3.05, 3.63) is 83.7 Å². The third-order valence-corrected chi connectivity index (χ3v) is 4.50. The number of hydrazine groups is 1.